The van der Waals surface area contributed by atoms with Crippen LogP contribution >= 0.6 is 11.8 Å². The second kappa shape index (κ2) is 7.20. The van der Waals surface area contributed by atoms with E-state index in [-0.39, 0.29) is 0 Å². The highest BCUT2D eigenvalue weighted by atomic mass is 32.2. The minimum absolute atomic E-state index is 1.14. The smallest absolute Gasteiger partial charge is 0.0498 e. The molecule has 4 rings (SSSR count). The van der Waals surface area contributed by atoms with Gasteiger partial charge in [0.25, 0.3) is 0 Å². The number of fused-ring (bicyclic) bond motifs is 3. The molecule has 0 aliphatic carbocycles. The fraction of sp³-hybridized carbons (Fsp3) is 0.250. The third-order valence-electron chi connectivity index (χ3n) is 5.30. The number of hydrogen-bond acceptors (Lipinski definition) is 1. The summed E-state index contributed by atoms with van der Waals surface area (Å²) in [4.78, 5) is 1.44. The summed E-state index contributed by atoms with van der Waals surface area (Å²) >= 11 is 1.89. The molecule has 26 heavy (non-hydrogen) atoms. The zero-order valence-corrected chi connectivity index (χ0v) is 16.6. The Kier molecular flexibility index (Phi) is 4.78. The lowest BCUT2D eigenvalue weighted by Gasteiger charge is -2.16. The number of aryl methyl sites for hydroxylation is 2. The van der Waals surface area contributed by atoms with Gasteiger partial charge in [0.2, 0.25) is 0 Å². The molecule has 1 heterocycles. The molecular formula is C24H25NS. The highest BCUT2D eigenvalue weighted by Gasteiger charge is 2.19. The van der Waals surface area contributed by atoms with E-state index in [2.05, 4.69) is 85.5 Å². The van der Waals surface area contributed by atoms with Crippen molar-refractivity contribution in [2.75, 3.05) is 6.26 Å². The molecule has 0 fully saturated rings. The molecule has 0 saturated carbocycles. The number of para-hydroxylation sites is 1. The van der Waals surface area contributed by atoms with E-state index in [1.165, 1.54) is 56.2 Å². The highest BCUT2D eigenvalue weighted by Crippen LogP contribution is 2.43. The van der Waals surface area contributed by atoms with Crippen LogP contribution in [0.2, 0.25) is 0 Å². The normalized spacial score (nSPS) is 11.5. The van der Waals surface area contributed by atoms with E-state index >= 15 is 0 Å². The predicted molar refractivity (Wildman–Crippen MR) is 116 cm³/mol. The van der Waals surface area contributed by atoms with Crippen LogP contribution in [0.3, 0.4) is 0 Å². The van der Waals surface area contributed by atoms with Crippen molar-refractivity contribution in [1.82, 2.24) is 4.57 Å². The lowest BCUT2D eigenvalue weighted by atomic mass is 9.95. The molecule has 0 radical (unpaired) electrons. The molecule has 0 unspecified atom stereocenters. The van der Waals surface area contributed by atoms with Crippen molar-refractivity contribution >= 4 is 33.6 Å². The van der Waals surface area contributed by atoms with Gasteiger partial charge in [-0.25, -0.2) is 0 Å². The summed E-state index contributed by atoms with van der Waals surface area (Å²) in [5, 5.41) is 2.74. The van der Waals surface area contributed by atoms with E-state index in [0.29, 0.717) is 0 Å². The summed E-state index contributed by atoms with van der Waals surface area (Å²) < 4.78 is 2.36. The molecule has 1 aromatic heterocycles. The number of rotatable bonds is 5. The first-order chi connectivity index (χ1) is 12.8. The first-order valence-electron chi connectivity index (χ1n) is 9.38. The maximum atomic E-state index is 2.43. The minimum atomic E-state index is 1.14. The molecule has 1 nitrogen and oxygen atoms in total. The Balaban J connectivity index is 2.17. The van der Waals surface area contributed by atoms with Gasteiger partial charge < -0.3 is 4.57 Å². The van der Waals surface area contributed by atoms with Gasteiger partial charge in [-0.05, 0) is 42.4 Å². The lowest BCUT2D eigenvalue weighted by molar-refractivity contribution is 0.786. The van der Waals surface area contributed by atoms with Crippen molar-refractivity contribution in [3.05, 3.63) is 66.2 Å². The van der Waals surface area contributed by atoms with E-state index in [9.17, 15) is 0 Å². The molecule has 3 aromatic carbocycles. The number of thioether (sulfide) groups is 1. The van der Waals surface area contributed by atoms with Crippen molar-refractivity contribution in [2.24, 2.45) is 7.05 Å². The molecule has 0 aliphatic heterocycles. The molecule has 2 heteroatoms. The largest absolute Gasteiger partial charge is 0.344 e. The number of benzene rings is 3. The molecule has 0 saturated heterocycles. The number of aromatic nitrogens is 1. The average molecular weight is 360 g/mol. The van der Waals surface area contributed by atoms with Gasteiger partial charge in [-0.15, -0.1) is 11.8 Å². The predicted octanol–water partition coefficient (Wildman–Crippen LogP) is 7.06. The molecule has 0 aliphatic rings. The van der Waals surface area contributed by atoms with Crippen LogP contribution in [0.5, 0.6) is 0 Å². The lowest BCUT2D eigenvalue weighted by Crippen LogP contribution is -1.95. The van der Waals surface area contributed by atoms with Crippen molar-refractivity contribution in [2.45, 2.75) is 31.1 Å². The van der Waals surface area contributed by atoms with Crippen molar-refractivity contribution in [1.29, 1.82) is 0 Å². The Morgan fingerprint density at radius 1 is 0.923 bits per heavy atom. The van der Waals surface area contributed by atoms with E-state index < -0.39 is 0 Å². The van der Waals surface area contributed by atoms with Crippen LogP contribution in [0.4, 0.5) is 0 Å². The molecule has 0 atom stereocenters. The monoisotopic (exact) mass is 359 g/mol. The van der Waals surface area contributed by atoms with E-state index in [1.807, 2.05) is 11.8 Å². The summed E-state index contributed by atoms with van der Waals surface area (Å²) in [5.74, 6) is 0. The summed E-state index contributed by atoms with van der Waals surface area (Å²) in [6.45, 7) is 2.27. The van der Waals surface area contributed by atoms with Gasteiger partial charge in [-0.3, -0.25) is 0 Å². The Bertz CT molecular complexity index is 1060. The maximum absolute atomic E-state index is 2.43. The second-order valence-corrected chi connectivity index (χ2v) is 7.70. The highest BCUT2D eigenvalue weighted by molar-refractivity contribution is 7.98. The molecule has 4 aromatic rings. The molecule has 0 spiro atoms. The zero-order valence-electron chi connectivity index (χ0n) is 15.8. The SMILES string of the molecule is CCCCc1cc2c(c(-c3ccccc3)c1SC)c1ccccc1n2C. The third-order valence-corrected chi connectivity index (χ3v) is 6.17. The topological polar surface area (TPSA) is 4.93 Å². The average Bonchev–Trinajstić information content (AvgIpc) is 2.98. The summed E-state index contributed by atoms with van der Waals surface area (Å²) in [6.07, 6.45) is 5.82. The third kappa shape index (κ3) is 2.73. The molecule has 132 valence electrons. The van der Waals surface area contributed by atoms with Crippen LogP contribution in [0.25, 0.3) is 32.9 Å². The van der Waals surface area contributed by atoms with Gasteiger partial charge >= 0.3 is 0 Å². The quantitative estimate of drug-likeness (QED) is 0.345. The Hall–Kier alpha value is -2.19. The van der Waals surface area contributed by atoms with Gasteiger partial charge in [0, 0.05) is 39.3 Å². The van der Waals surface area contributed by atoms with Crippen LogP contribution in [0, 0.1) is 0 Å². The van der Waals surface area contributed by atoms with Gasteiger partial charge in [0.15, 0.2) is 0 Å². The first kappa shape index (κ1) is 17.2. The molecular weight excluding hydrogens is 334 g/mol. The second-order valence-electron chi connectivity index (χ2n) is 6.88. The Labute approximate surface area is 160 Å². The summed E-state index contributed by atoms with van der Waals surface area (Å²) in [6, 6.07) is 22.1. The number of nitrogens with zero attached hydrogens (tertiary/aromatic N) is 1. The fourth-order valence-corrected chi connectivity index (χ4v) is 4.86. The Morgan fingerprint density at radius 2 is 1.65 bits per heavy atom. The van der Waals surface area contributed by atoms with E-state index in [0.717, 1.165) is 6.42 Å². The van der Waals surface area contributed by atoms with Crippen molar-refractivity contribution in [3.63, 3.8) is 0 Å². The molecule has 0 N–H and O–H groups in total. The molecule has 0 bridgehead atoms. The minimum Gasteiger partial charge on any atom is -0.344 e. The van der Waals surface area contributed by atoms with E-state index in [4.69, 9.17) is 0 Å². The van der Waals surface area contributed by atoms with Gasteiger partial charge in [-0.1, -0.05) is 61.9 Å². The zero-order chi connectivity index (χ0) is 18.1. The Morgan fingerprint density at radius 3 is 2.38 bits per heavy atom. The standard InChI is InChI=1S/C24H25NS/c1-4-5-11-18-16-21-23(19-14-9-10-15-20(19)25(21)2)22(24(18)26-3)17-12-7-6-8-13-17/h6-10,12-16H,4-5,11H2,1-3H3. The van der Waals surface area contributed by atoms with Crippen LogP contribution in [-0.2, 0) is 13.5 Å². The van der Waals surface area contributed by atoms with Crippen molar-refractivity contribution < 1.29 is 0 Å². The van der Waals surface area contributed by atoms with Crippen molar-refractivity contribution in [3.8, 4) is 11.1 Å². The number of hydrogen-bond donors (Lipinski definition) is 0. The van der Waals surface area contributed by atoms with Crippen LogP contribution < -0.4 is 0 Å². The van der Waals surface area contributed by atoms with Gasteiger partial charge in [-0.2, -0.15) is 0 Å². The fourth-order valence-electron chi connectivity index (χ4n) is 4.02. The van der Waals surface area contributed by atoms with Crippen LogP contribution in [0.1, 0.15) is 25.3 Å². The number of unbranched alkanes of at least 4 members (excludes halogenated alkanes) is 1. The van der Waals surface area contributed by atoms with Crippen LogP contribution in [0.15, 0.2) is 65.6 Å². The maximum Gasteiger partial charge on any atom is 0.0498 e. The first-order valence-corrected chi connectivity index (χ1v) is 10.6. The summed E-state index contributed by atoms with van der Waals surface area (Å²) in [7, 11) is 2.20. The van der Waals surface area contributed by atoms with Gasteiger partial charge in [0.1, 0.15) is 0 Å². The summed E-state index contributed by atoms with van der Waals surface area (Å²) in [5.41, 5.74) is 6.85. The molecule has 0 amide bonds. The van der Waals surface area contributed by atoms with E-state index in [1.54, 1.807) is 0 Å². The van der Waals surface area contributed by atoms with Gasteiger partial charge in [0.05, 0.1) is 0 Å². The van der Waals surface area contributed by atoms with Crippen LogP contribution in [-0.4, -0.2) is 10.8 Å².